The van der Waals surface area contributed by atoms with Crippen molar-refractivity contribution in [1.29, 1.82) is 0 Å². The van der Waals surface area contributed by atoms with E-state index in [0.717, 1.165) is 6.42 Å². The SMILES string of the molecule is CCCCNc1c(Oc2ccccc2)c(COC)cc(C(=O)OCc2ccc([N+](=O)[O-])cc2)c1S(N)(=O)=O. The van der Waals surface area contributed by atoms with E-state index in [2.05, 4.69) is 5.32 Å². The highest BCUT2D eigenvalue weighted by molar-refractivity contribution is 7.89. The number of nitro benzene ring substituents is 1. The molecular formula is C26H29N3O8S. The number of nitrogens with zero attached hydrogens (tertiary/aromatic N) is 1. The summed E-state index contributed by atoms with van der Waals surface area (Å²) < 4.78 is 42.5. The molecule has 0 aliphatic carbocycles. The predicted molar refractivity (Wildman–Crippen MR) is 141 cm³/mol. The maximum Gasteiger partial charge on any atom is 0.339 e. The van der Waals surface area contributed by atoms with E-state index in [1.54, 1.807) is 24.3 Å². The van der Waals surface area contributed by atoms with Crippen molar-refractivity contribution in [1.82, 2.24) is 0 Å². The Bertz CT molecular complexity index is 1380. The van der Waals surface area contributed by atoms with Crippen molar-refractivity contribution in [2.24, 2.45) is 5.14 Å². The Kier molecular flexibility index (Phi) is 9.77. The van der Waals surface area contributed by atoms with Crippen LogP contribution in [0.15, 0.2) is 65.6 Å². The van der Waals surface area contributed by atoms with Gasteiger partial charge in [-0.05, 0) is 42.3 Å². The first-order valence-corrected chi connectivity index (χ1v) is 13.3. The molecule has 0 heterocycles. The topological polar surface area (TPSA) is 160 Å². The number of rotatable bonds is 13. The summed E-state index contributed by atoms with van der Waals surface area (Å²) in [5.41, 5.74) is 0.494. The number of esters is 1. The molecule has 12 heteroatoms. The second-order valence-corrected chi connectivity index (χ2v) is 9.79. The number of nitro groups is 1. The zero-order chi connectivity index (χ0) is 27.7. The second-order valence-electron chi connectivity index (χ2n) is 8.29. The number of carbonyl (C=O) groups is 1. The van der Waals surface area contributed by atoms with Crippen LogP contribution < -0.4 is 15.2 Å². The highest BCUT2D eigenvalue weighted by Gasteiger charge is 2.30. The largest absolute Gasteiger partial charge is 0.457 e. The molecule has 0 fully saturated rings. The Morgan fingerprint density at radius 2 is 1.76 bits per heavy atom. The first-order valence-electron chi connectivity index (χ1n) is 11.7. The molecule has 0 amide bonds. The van der Waals surface area contributed by atoms with Crippen molar-refractivity contribution in [3.8, 4) is 11.5 Å². The number of hydrogen-bond donors (Lipinski definition) is 2. The van der Waals surface area contributed by atoms with E-state index in [-0.39, 0.29) is 35.9 Å². The first-order chi connectivity index (χ1) is 18.2. The number of unbranched alkanes of at least 4 members (excludes halogenated alkanes) is 1. The lowest BCUT2D eigenvalue weighted by Gasteiger charge is -2.22. The van der Waals surface area contributed by atoms with Gasteiger partial charge in [0.2, 0.25) is 10.0 Å². The molecule has 0 aromatic heterocycles. The van der Waals surface area contributed by atoms with Crippen molar-refractivity contribution in [2.45, 2.75) is 37.9 Å². The molecule has 0 spiro atoms. The van der Waals surface area contributed by atoms with Gasteiger partial charge in [-0.1, -0.05) is 31.5 Å². The first kappa shape index (κ1) is 28.6. The molecule has 38 heavy (non-hydrogen) atoms. The molecular weight excluding hydrogens is 514 g/mol. The Morgan fingerprint density at radius 3 is 2.34 bits per heavy atom. The zero-order valence-electron chi connectivity index (χ0n) is 21.0. The van der Waals surface area contributed by atoms with Gasteiger partial charge in [0.1, 0.15) is 17.3 Å². The number of hydrogen-bond acceptors (Lipinski definition) is 9. The van der Waals surface area contributed by atoms with Crippen LogP contribution in [0.5, 0.6) is 11.5 Å². The van der Waals surface area contributed by atoms with Crippen LogP contribution in [-0.4, -0.2) is 33.0 Å². The number of benzene rings is 3. The Morgan fingerprint density at radius 1 is 1.08 bits per heavy atom. The third kappa shape index (κ3) is 7.28. The molecule has 0 aliphatic heterocycles. The van der Waals surface area contributed by atoms with Gasteiger partial charge >= 0.3 is 5.97 Å². The van der Waals surface area contributed by atoms with E-state index in [0.29, 0.717) is 29.8 Å². The van der Waals surface area contributed by atoms with Gasteiger partial charge in [-0.25, -0.2) is 18.4 Å². The number of ether oxygens (including phenoxy) is 3. The van der Waals surface area contributed by atoms with Gasteiger partial charge in [0.15, 0.2) is 5.75 Å². The predicted octanol–water partition coefficient (Wildman–Crippen LogP) is 4.75. The molecule has 0 saturated carbocycles. The number of non-ortho nitro benzene ring substituents is 1. The summed E-state index contributed by atoms with van der Waals surface area (Å²) in [6, 6.07) is 15.5. The van der Waals surface area contributed by atoms with E-state index in [1.165, 1.54) is 37.4 Å². The zero-order valence-corrected chi connectivity index (χ0v) is 21.8. The van der Waals surface area contributed by atoms with E-state index >= 15 is 0 Å². The third-order valence-corrected chi connectivity index (χ3v) is 6.42. The number of nitrogens with two attached hydrogens (primary N) is 1. The van der Waals surface area contributed by atoms with Crippen LogP contribution >= 0.6 is 0 Å². The number of anilines is 1. The van der Waals surface area contributed by atoms with Crippen molar-refractivity contribution < 1.29 is 32.3 Å². The number of methoxy groups -OCH3 is 1. The quantitative estimate of drug-likeness (QED) is 0.134. The average molecular weight is 544 g/mol. The van der Waals surface area contributed by atoms with Gasteiger partial charge in [-0.15, -0.1) is 0 Å². The molecule has 0 bridgehead atoms. The number of nitrogens with one attached hydrogen (secondary N) is 1. The molecule has 3 N–H and O–H groups in total. The van der Waals surface area contributed by atoms with E-state index < -0.39 is 25.8 Å². The fraction of sp³-hybridized carbons (Fsp3) is 0.269. The van der Waals surface area contributed by atoms with Gasteiger partial charge in [0, 0.05) is 31.4 Å². The molecule has 3 aromatic rings. The lowest BCUT2D eigenvalue weighted by molar-refractivity contribution is -0.384. The molecule has 3 rings (SSSR count). The van der Waals surface area contributed by atoms with E-state index in [4.69, 9.17) is 19.3 Å². The minimum Gasteiger partial charge on any atom is -0.457 e. The minimum atomic E-state index is -4.45. The molecule has 0 saturated heterocycles. The summed E-state index contributed by atoms with van der Waals surface area (Å²) in [6.45, 7) is 2.11. The summed E-state index contributed by atoms with van der Waals surface area (Å²) in [6.07, 6.45) is 1.54. The Labute approximate surface area is 220 Å². The normalized spacial score (nSPS) is 11.1. The van der Waals surface area contributed by atoms with Crippen LogP contribution in [0, 0.1) is 10.1 Å². The maximum absolute atomic E-state index is 13.2. The molecule has 0 atom stereocenters. The van der Waals surface area contributed by atoms with Gasteiger partial charge in [0.05, 0.1) is 22.8 Å². The van der Waals surface area contributed by atoms with E-state index in [9.17, 15) is 23.3 Å². The minimum absolute atomic E-state index is 0.00183. The fourth-order valence-electron chi connectivity index (χ4n) is 3.63. The number of carbonyl (C=O) groups excluding carboxylic acids is 1. The summed E-state index contributed by atoms with van der Waals surface area (Å²) in [5, 5.41) is 19.6. The number of primary sulfonamides is 1. The number of para-hydroxylation sites is 1. The average Bonchev–Trinajstić information content (AvgIpc) is 2.89. The van der Waals surface area contributed by atoms with Crippen molar-refractivity contribution in [2.75, 3.05) is 19.0 Å². The van der Waals surface area contributed by atoms with Crippen molar-refractivity contribution in [3.63, 3.8) is 0 Å². The summed E-state index contributed by atoms with van der Waals surface area (Å²) in [7, 11) is -2.99. The van der Waals surface area contributed by atoms with Crippen LogP contribution in [0.25, 0.3) is 0 Å². The van der Waals surface area contributed by atoms with Crippen LogP contribution in [0.4, 0.5) is 11.4 Å². The lowest BCUT2D eigenvalue weighted by Crippen LogP contribution is -2.22. The van der Waals surface area contributed by atoms with Crippen LogP contribution in [0.1, 0.15) is 41.3 Å². The highest BCUT2D eigenvalue weighted by Crippen LogP contribution is 2.41. The van der Waals surface area contributed by atoms with Crippen molar-refractivity contribution >= 4 is 27.4 Å². The molecule has 0 radical (unpaired) electrons. The van der Waals surface area contributed by atoms with Gasteiger partial charge in [0.25, 0.3) is 5.69 Å². The van der Waals surface area contributed by atoms with Gasteiger partial charge in [-0.2, -0.15) is 0 Å². The van der Waals surface area contributed by atoms with E-state index in [1.807, 2.05) is 13.0 Å². The standard InChI is InChI=1S/C26H29N3O8S/c1-3-4-14-28-23-24(37-21-8-6-5-7-9-21)19(17-35-2)15-22(25(23)38(27,33)34)26(30)36-16-18-10-12-20(13-11-18)29(31)32/h5-13,15,28H,3-4,14,16-17H2,1-2H3,(H2,27,33,34). The maximum atomic E-state index is 13.2. The second kappa shape index (κ2) is 13.0. The summed E-state index contributed by atoms with van der Waals surface area (Å²) in [4.78, 5) is 23.1. The van der Waals surface area contributed by atoms with Crippen molar-refractivity contribution in [3.05, 3.63) is 87.5 Å². The molecule has 11 nitrogen and oxygen atoms in total. The van der Waals surface area contributed by atoms with Gasteiger partial charge in [-0.3, -0.25) is 10.1 Å². The van der Waals surface area contributed by atoms with Gasteiger partial charge < -0.3 is 19.5 Å². The molecule has 202 valence electrons. The number of sulfonamides is 1. The fourth-order valence-corrected chi connectivity index (χ4v) is 4.53. The van der Waals surface area contributed by atoms with Crippen LogP contribution in [0.3, 0.4) is 0 Å². The highest BCUT2D eigenvalue weighted by atomic mass is 32.2. The Balaban J connectivity index is 2.09. The molecule has 3 aromatic carbocycles. The smallest absolute Gasteiger partial charge is 0.339 e. The Hall–Kier alpha value is -4.00. The monoisotopic (exact) mass is 543 g/mol. The van der Waals surface area contributed by atoms with Crippen LogP contribution in [0.2, 0.25) is 0 Å². The molecule has 0 aliphatic rings. The summed E-state index contributed by atoms with van der Waals surface area (Å²) in [5.74, 6) is -0.350. The third-order valence-electron chi connectivity index (χ3n) is 5.43. The lowest BCUT2D eigenvalue weighted by atomic mass is 10.1. The summed E-state index contributed by atoms with van der Waals surface area (Å²) >= 11 is 0. The molecule has 0 unspecified atom stereocenters. The van der Waals surface area contributed by atoms with Crippen LogP contribution in [-0.2, 0) is 32.7 Å².